The van der Waals surface area contributed by atoms with Gasteiger partial charge >= 0.3 is 0 Å². The predicted molar refractivity (Wildman–Crippen MR) is 171 cm³/mol. The SMILES string of the molecule is CC[C@H](C)[C@H](NC(=O)[C@H](CC(C)C)NC(=O)C1(NC(=O)[C@@H](C)CSC2=C(SCCC(N)=O)C(=O)NC2=O)CCOCC1)C(N)=O. The molecule has 0 aromatic rings. The van der Waals surface area contributed by atoms with Crippen LogP contribution in [0.2, 0.25) is 0 Å². The third-order valence-corrected chi connectivity index (χ3v) is 10.2. The third-order valence-electron chi connectivity index (χ3n) is 7.66. The summed E-state index contributed by atoms with van der Waals surface area (Å²) < 4.78 is 5.47. The van der Waals surface area contributed by atoms with Gasteiger partial charge in [-0.2, -0.15) is 0 Å². The maximum Gasteiger partial charge on any atom is 0.265 e. The van der Waals surface area contributed by atoms with Crippen LogP contribution in [0.3, 0.4) is 0 Å². The highest BCUT2D eigenvalue weighted by atomic mass is 32.2. The first-order valence-corrected chi connectivity index (χ1v) is 17.0. The zero-order valence-corrected chi connectivity index (χ0v) is 28.1. The van der Waals surface area contributed by atoms with Crippen LogP contribution < -0.4 is 32.7 Å². The fourth-order valence-corrected chi connectivity index (χ4v) is 6.93. The molecule has 252 valence electrons. The smallest absolute Gasteiger partial charge is 0.265 e. The van der Waals surface area contributed by atoms with Gasteiger partial charge in [-0.1, -0.05) is 41.0 Å². The summed E-state index contributed by atoms with van der Waals surface area (Å²) in [5.74, 6) is -4.43. The number of hydrogen-bond donors (Lipinski definition) is 6. The molecule has 4 atom stereocenters. The molecule has 0 bridgehead atoms. The molecule has 0 saturated carbocycles. The summed E-state index contributed by atoms with van der Waals surface area (Å²) in [5.41, 5.74) is 9.34. The number of rotatable bonds is 18. The van der Waals surface area contributed by atoms with Crippen LogP contribution in [0.5, 0.6) is 0 Å². The number of carbonyl (C=O) groups excluding carboxylic acids is 7. The van der Waals surface area contributed by atoms with Gasteiger partial charge in [0.25, 0.3) is 11.8 Å². The summed E-state index contributed by atoms with van der Waals surface area (Å²) in [6.45, 7) is 9.51. The van der Waals surface area contributed by atoms with E-state index < -0.39 is 64.9 Å². The predicted octanol–water partition coefficient (Wildman–Crippen LogP) is 0.0448. The van der Waals surface area contributed by atoms with Crippen LogP contribution in [-0.4, -0.2) is 83.7 Å². The molecule has 2 aliphatic heterocycles. The Bertz CT molecular complexity index is 1190. The summed E-state index contributed by atoms with van der Waals surface area (Å²) in [4.78, 5) is 88.6. The second kappa shape index (κ2) is 17.5. The lowest BCUT2D eigenvalue weighted by molar-refractivity contribution is -0.141. The molecule has 0 aromatic carbocycles. The zero-order valence-electron chi connectivity index (χ0n) is 26.5. The molecular weight excluding hydrogens is 624 g/mol. The van der Waals surface area contributed by atoms with E-state index in [-0.39, 0.29) is 72.0 Å². The number of amides is 7. The lowest BCUT2D eigenvalue weighted by atomic mass is 9.87. The van der Waals surface area contributed by atoms with E-state index in [2.05, 4.69) is 21.3 Å². The third kappa shape index (κ3) is 11.0. The topological polar surface area (TPSA) is 229 Å². The second-order valence-electron chi connectivity index (χ2n) is 11.8. The first kappa shape index (κ1) is 38.1. The number of primary amides is 2. The van der Waals surface area contributed by atoms with Gasteiger partial charge in [0, 0.05) is 49.9 Å². The monoisotopic (exact) mass is 670 g/mol. The number of hydrogen-bond acceptors (Lipinski definition) is 10. The summed E-state index contributed by atoms with van der Waals surface area (Å²) in [6, 6.07) is -1.89. The second-order valence-corrected chi connectivity index (χ2v) is 14.0. The van der Waals surface area contributed by atoms with Crippen molar-refractivity contribution in [2.45, 2.75) is 84.3 Å². The summed E-state index contributed by atoms with van der Waals surface area (Å²) in [7, 11) is 0. The Hall–Kier alpha value is -3.11. The van der Waals surface area contributed by atoms with Crippen LogP contribution in [0, 0.1) is 17.8 Å². The maximum absolute atomic E-state index is 13.8. The first-order chi connectivity index (χ1) is 21.1. The minimum atomic E-state index is -1.36. The fraction of sp³-hybridized carbons (Fsp3) is 0.690. The molecule has 0 aromatic heterocycles. The van der Waals surface area contributed by atoms with E-state index >= 15 is 0 Å². The van der Waals surface area contributed by atoms with E-state index in [9.17, 15) is 33.6 Å². The van der Waals surface area contributed by atoms with E-state index in [0.717, 1.165) is 23.5 Å². The number of imide groups is 1. The van der Waals surface area contributed by atoms with Gasteiger partial charge in [0.2, 0.25) is 29.5 Å². The van der Waals surface area contributed by atoms with Crippen LogP contribution in [0.15, 0.2) is 9.81 Å². The van der Waals surface area contributed by atoms with Gasteiger partial charge in [0.05, 0.1) is 9.81 Å². The van der Waals surface area contributed by atoms with Crippen LogP contribution >= 0.6 is 23.5 Å². The van der Waals surface area contributed by atoms with Gasteiger partial charge < -0.3 is 32.2 Å². The van der Waals surface area contributed by atoms with Crippen molar-refractivity contribution in [3.63, 3.8) is 0 Å². The minimum Gasteiger partial charge on any atom is -0.381 e. The molecule has 2 aliphatic rings. The molecule has 1 saturated heterocycles. The highest BCUT2D eigenvalue weighted by Crippen LogP contribution is 2.34. The number of nitrogens with two attached hydrogens (primary N) is 2. The highest BCUT2D eigenvalue weighted by Gasteiger charge is 2.44. The lowest BCUT2D eigenvalue weighted by Gasteiger charge is -2.38. The van der Waals surface area contributed by atoms with Crippen molar-refractivity contribution in [3.8, 4) is 0 Å². The molecule has 45 heavy (non-hydrogen) atoms. The lowest BCUT2D eigenvalue weighted by Crippen LogP contribution is -2.65. The van der Waals surface area contributed by atoms with Crippen molar-refractivity contribution >= 4 is 64.9 Å². The number of ether oxygens (including phenoxy) is 1. The largest absolute Gasteiger partial charge is 0.381 e. The van der Waals surface area contributed by atoms with Gasteiger partial charge in [-0.25, -0.2) is 0 Å². The normalized spacial score (nSPS) is 18.9. The van der Waals surface area contributed by atoms with Crippen molar-refractivity contribution in [2.24, 2.45) is 29.2 Å². The van der Waals surface area contributed by atoms with E-state index in [1.165, 1.54) is 0 Å². The van der Waals surface area contributed by atoms with Gasteiger partial charge in [-0.3, -0.25) is 38.9 Å². The van der Waals surface area contributed by atoms with E-state index in [0.29, 0.717) is 6.42 Å². The molecule has 0 aliphatic carbocycles. The van der Waals surface area contributed by atoms with Crippen LogP contribution in [-0.2, 0) is 38.3 Å². The number of nitrogens with one attached hydrogen (secondary N) is 4. The summed E-state index contributed by atoms with van der Waals surface area (Å²) in [6.07, 6.45) is 1.25. The minimum absolute atomic E-state index is 0.0155. The fourth-order valence-electron chi connectivity index (χ4n) is 4.69. The van der Waals surface area contributed by atoms with Crippen LogP contribution in [0.4, 0.5) is 0 Å². The highest BCUT2D eigenvalue weighted by molar-refractivity contribution is 8.08. The van der Waals surface area contributed by atoms with E-state index in [1.807, 2.05) is 20.8 Å². The Morgan fingerprint density at radius 3 is 2.07 bits per heavy atom. The van der Waals surface area contributed by atoms with Gasteiger partial charge in [-0.15, -0.1) is 23.5 Å². The van der Waals surface area contributed by atoms with Crippen molar-refractivity contribution in [3.05, 3.63) is 9.81 Å². The van der Waals surface area contributed by atoms with Gasteiger partial charge in [0.15, 0.2) is 0 Å². The molecule has 0 spiro atoms. The van der Waals surface area contributed by atoms with Gasteiger partial charge in [-0.05, 0) is 18.3 Å². The average molecular weight is 671 g/mol. The van der Waals surface area contributed by atoms with Crippen molar-refractivity contribution in [2.75, 3.05) is 24.7 Å². The van der Waals surface area contributed by atoms with Crippen LogP contribution in [0.1, 0.15) is 66.7 Å². The standard InChI is InChI=1S/C29H46N6O8S2/c1-6-16(4)20(23(31)37)33-25(39)18(13-15(2)3)32-28(42)29(8-10-43-11-9-29)35-24(38)17(5)14-45-22-21(26(40)34-27(22)41)44-12-7-19(30)36/h15-18,20H,6-14H2,1-5H3,(H2,30,36)(H2,31,37)(H,32,42)(H,33,39)(H,35,38)(H,34,40,41)/t16-,17-,18-,20-/m0/s1. The molecule has 0 unspecified atom stereocenters. The number of thioether (sulfide) groups is 2. The molecular formula is C29H46N6O8S2. The molecule has 16 heteroatoms. The molecule has 8 N–H and O–H groups in total. The van der Waals surface area contributed by atoms with Crippen LogP contribution in [0.25, 0.3) is 0 Å². The number of carbonyl (C=O) groups is 7. The van der Waals surface area contributed by atoms with Crippen molar-refractivity contribution in [1.82, 2.24) is 21.3 Å². The summed E-state index contributed by atoms with van der Waals surface area (Å²) >= 11 is 2.08. The molecule has 2 rings (SSSR count). The maximum atomic E-state index is 13.8. The van der Waals surface area contributed by atoms with Gasteiger partial charge in [0.1, 0.15) is 17.6 Å². The molecule has 14 nitrogen and oxygen atoms in total. The quantitative estimate of drug-likeness (QED) is 0.107. The molecule has 7 amide bonds. The molecule has 0 radical (unpaired) electrons. The molecule has 2 heterocycles. The Balaban J connectivity index is 2.17. The average Bonchev–Trinajstić information content (AvgIpc) is 3.24. The van der Waals surface area contributed by atoms with Crippen molar-refractivity contribution in [1.29, 1.82) is 0 Å². The van der Waals surface area contributed by atoms with E-state index in [4.69, 9.17) is 16.2 Å². The Morgan fingerprint density at radius 1 is 0.933 bits per heavy atom. The Morgan fingerprint density at radius 2 is 1.53 bits per heavy atom. The zero-order chi connectivity index (χ0) is 33.9. The van der Waals surface area contributed by atoms with E-state index in [1.54, 1.807) is 13.8 Å². The molecule has 1 fully saturated rings. The Labute approximate surface area is 272 Å². The first-order valence-electron chi connectivity index (χ1n) is 15.1. The van der Waals surface area contributed by atoms with Crippen molar-refractivity contribution < 1.29 is 38.3 Å². The Kier molecular flexibility index (Phi) is 14.8. The summed E-state index contributed by atoms with van der Waals surface area (Å²) in [5, 5.41) is 10.6.